The highest BCUT2D eigenvalue weighted by Gasteiger charge is 2.18. The number of aromatic nitrogens is 1. The summed E-state index contributed by atoms with van der Waals surface area (Å²) in [6.07, 6.45) is 4.68. The minimum Gasteiger partial charge on any atom is -0.465 e. The summed E-state index contributed by atoms with van der Waals surface area (Å²) in [5.41, 5.74) is 6.21. The van der Waals surface area contributed by atoms with E-state index in [2.05, 4.69) is 15.0 Å². The van der Waals surface area contributed by atoms with Gasteiger partial charge >= 0.3 is 5.97 Å². The fourth-order valence-electron chi connectivity index (χ4n) is 2.30. The topological polar surface area (TPSA) is 97.5 Å². The van der Waals surface area contributed by atoms with E-state index in [0.29, 0.717) is 11.5 Å². The number of carbonyl (C=O) groups is 2. The average molecular weight is 292 g/mol. The van der Waals surface area contributed by atoms with Gasteiger partial charge in [0.05, 0.1) is 25.5 Å². The van der Waals surface area contributed by atoms with Crippen LogP contribution in [0.5, 0.6) is 0 Å². The van der Waals surface area contributed by atoms with Gasteiger partial charge in [-0.15, -0.1) is 0 Å². The Labute approximate surface area is 123 Å². The Morgan fingerprint density at radius 3 is 2.76 bits per heavy atom. The van der Waals surface area contributed by atoms with Crippen molar-refractivity contribution >= 4 is 23.4 Å². The van der Waals surface area contributed by atoms with Crippen molar-refractivity contribution in [3.05, 3.63) is 17.8 Å². The SMILES string of the molecule is COC(=O)c1cc(N)cnc1NCC(=O)N1CCCCC1. The Balaban J connectivity index is 2.02. The van der Waals surface area contributed by atoms with Crippen molar-refractivity contribution in [1.82, 2.24) is 9.88 Å². The number of piperidine rings is 1. The molecule has 1 saturated heterocycles. The monoisotopic (exact) mass is 292 g/mol. The van der Waals surface area contributed by atoms with Crippen LogP contribution in [-0.4, -0.2) is 48.5 Å². The molecule has 0 spiro atoms. The maximum atomic E-state index is 12.1. The third-order valence-corrected chi connectivity index (χ3v) is 3.43. The molecule has 0 aliphatic carbocycles. The van der Waals surface area contributed by atoms with E-state index < -0.39 is 5.97 Å². The van der Waals surface area contributed by atoms with Crippen molar-refractivity contribution in [3.8, 4) is 0 Å². The molecule has 0 aromatic carbocycles. The Morgan fingerprint density at radius 1 is 1.38 bits per heavy atom. The number of anilines is 2. The first-order chi connectivity index (χ1) is 10.1. The lowest BCUT2D eigenvalue weighted by Crippen LogP contribution is -2.39. The smallest absolute Gasteiger partial charge is 0.341 e. The molecular formula is C14H20N4O3. The predicted molar refractivity (Wildman–Crippen MR) is 78.9 cm³/mol. The largest absolute Gasteiger partial charge is 0.465 e. The lowest BCUT2D eigenvalue weighted by molar-refractivity contribution is -0.130. The van der Waals surface area contributed by atoms with Gasteiger partial charge in [0, 0.05) is 13.1 Å². The van der Waals surface area contributed by atoms with E-state index in [1.165, 1.54) is 25.8 Å². The Hall–Kier alpha value is -2.31. The van der Waals surface area contributed by atoms with Crippen LogP contribution in [0.4, 0.5) is 11.5 Å². The van der Waals surface area contributed by atoms with Crippen LogP contribution in [-0.2, 0) is 9.53 Å². The molecule has 3 N–H and O–H groups in total. The summed E-state index contributed by atoms with van der Waals surface area (Å²) < 4.78 is 4.69. The normalized spacial score (nSPS) is 14.6. The van der Waals surface area contributed by atoms with Crippen LogP contribution in [0, 0.1) is 0 Å². The first kappa shape index (κ1) is 15.1. The molecule has 21 heavy (non-hydrogen) atoms. The van der Waals surface area contributed by atoms with Crippen molar-refractivity contribution in [2.75, 3.05) is 37.8 Å². The van der Waals surface area contributed by atoms with Gasteiger partial charge in [0.15, 0.2) is 0 Å². The zero-order valence-corrected chi connectivity index (χ0v) is 12.1. The summed E-state index contributed by atoms with van der Waals surface area (Å²) in [5, 5.41) is 2.89. The number of nitrogens with two attached hydrogens (primary N) is 1. The second-order valence-corrected chi connectivity index (χ2v) is 4.95. The molecule has 0 atom stereocenters. The van der Waals surface area contributed by atoms with Crippen LogP contribution in [0.3, 0.4) is 0 Å². The van der Waals surface area contributed by atoms with Crippen LogP contribution in [0.1, 0.15) is 29.6 Å². The number of nitrogens with one attached hydrogen (secondary N) is 1. The average Bonchev–Trinajstić information content (AvgIpc) is 2.53. The summed E-state index contributed by atoms with van der Waals surface area (Å²) in [4.78, 5) is 29.6. The predicted octanol–water partition coefficient (Wildman–Crippen LogP) is 0.875. The van der Waals surface area contributed by atoms with E-state index in [0.717, 1.165) is 25.9 Å². The zero-order chi connectivity index (χ0) is 15.2. The van der Waals surface area contributed by atoms with E-state index in [1.54, 1.807) is 0 Å². The Kier molecular flexibility index (Phi) is 4.97. The number of methoxy groups -OCH3 is 1. The van der Waals surface area contributed by atoms with Gasteiger partial charge in [-0.3, -0.25) is 4.79 Å². The molecule has 1 aliphatic heterocycles. The van der Waals surface area contributed by atoms with Gasteiger partial charge in [0.25, 0.3) is 0 Å². The maximum absolute atomic E-state index is 12.1. The molecule has 0 saturated carbocycles. The van der Waals surface area contributed by atoms with Crippen molar-refractivity contribution < 1.29 is 14.3 Å². The van der Waals surface area contributed by atoms with Gasteiger partial charge in [-0.1, -0.05) is 0 Å². The van der Waals surface area contributed by atoms with Crippen LogP contribution < -0.4 is 11.1 Å². The molecule has 1 fully saturated rings. The van der Waals surface area contributed by atoms with Gasteiger partial charge in [0.2, 0.25) is 5.91 Å². The molecule has 2 heterocycles. The summed E-state index contributed by atoms with van der Waals surface area (Å²) in [6.45, 7) is 1.68. The quantitative estimate of drug-likeness (QED) is 0.799. The van der Waals surface area contributed by atoms with Gasteiger partial charge in [-0.05, 0) is 25.3 Å². The van der Waals surface area contributed by atoms with Gasteiger partial charge < -0.3 is 20.7 Å². The fourth-order valence-corrected chi connectivity index (χ4v) is 2.30. The number of esters is 1. The van der Waals surface area contributed by atoms with Crippen LogP contribution in [0.15, 0.2) is 12.3 Å². The molecule has 0 radical (unpaired) electrons. The third kappa shape index (κ3) is 3.84. The van der Waals surface area contributed by atoms with Crippen molar-refractivity contribution in [2.45, 2.75) is 19.3 Å². The Morgan fingerprint density at radius 2 is 2.10 bits per heavy atom. The number of nitrogens with zero attached hydrogens (tertiary/aromatic N) is 2. The highest BCUT2D eigenvalue weighted by atomic mass is 16.5. The third-order valence-electron chi connectivity index (χ3n) is 3.43. The molecule has 0 unspecified atom stereocenters. The summed E-state index contributed by atoms with van der Waals surface area (Å²) in [7, 11) is 1.29. The van der Waals surface area contributed by atoms with E-state index in [9.17, 15) is 9.59 Å². The number of rotatable bonds is 4. The van der Waals surface area contributed by atoms with E-state index in [-0.39, 0.29) is 18.0 Å². The van der Waals surface area contributed by atoms with Gasteiger partial charge in [0.1, 0.15) is 11.4 Å². The number of amides is 1. The molecule has 0 bridgehead atoms. The highest BCUT2D eigenvalue weighted by molar-refractivity contribution is 5.96. The highest BCUT2D eigenvalue weighted by Crippen LogP contribution is 2.17. The first-order valence-electron chi connectivity index (χ1n) is 6.97. The van der Waals surface area contributed by atoms with Crippen molar-refractivity contribution in [1.29, 1.82) is 0 Å². The maximum Gasteiger partial charge on any atom is 0.341 e. The molecule has 1 aromatic rings. The lowest BCUT2D eigenvalue weighted by atomic mass is 10.1. The summed E-state index contributed by atoms with van der Waals surface area (Å²) in [6, 6.07) is 1.48. The number of pyridine rings is 1. The van der Waals surface area contributed by atoms with E-state index in [1.807, 2.05) is 4.90 Å². The first-order valence-corrected chi connectivity index (χ1v) is 6.97. The minimum atomic E-state index is -0.539. The number of hydrogen-bond donors (Lipinski definition) is 2. The number of carbonyl (C=O) groups excluding carboxylic acids is 2. The Bertz CT molecular complexity index is 527. The molecule has 2 rings (SSSR count). The van der Waals surface area contributed by atoms with Crippen molar-refractivity contribution in [2.24, 2.45) is 0 Å². The van der Waals surface area contributed by atoms with Crippen LogP contribution >= 0.6 is 0 Å². The summed E-state index contributed by atoms with van der Waals surface area (Å²) >= 11 is 0. The van der Waals surface area contributed by atoms with Crippen molar-refractivity contribution in [3.63, 3.8) is 0 Å². The molecule has 114 valence electrons. The molecular weight excluding hydrogens is 272 g/mol. The fraction of sp³-hybridized carbons (Fsp3) is 0.500. The molecule has 1 aliphatic rings. The summed E-state index contributed by atoms with van der Waals surface area (Å²) in [5.74, 6) is -0.228. The number of likely N-dealkylation sites (tertiary alicyclic amines) is 1. The van der Waals surface area contributed by atoms with Crippen LogP contribution in [0.25, 0.3) is 0 Å². The number of nitrogen functional groups attached to an aromatic ring is 1. The second-order valence-electron chi connectivity index (χ2n) is 4.95. The second kappa shape index (κ2) is 6.92. The standard InChI is InChI=1S/C14H20N4O3/c1-21-14(20)11-7-10(15)8-16-13(11)17-9-12(19)18-5-3-2-4-6-18/h7-8H,2-6,9,15H2,1H3,(H,16,17). The molecule has 7 nitrogen and oxygen atoms in total. The molecule has 1 amide bonds. The van der Waals surface area contributed by atoms with Gasteiger partial charge in [-0.25, -0.2) is 9.78 Å². The number of ether oxygens (including phenoxy) is 1. The van der Waals surface area contributed by atoms with E-state index in [4.69, 9.17) is 5.73 Å². The minimum absolute atomic E-state index is 0.00383. The number of hydrogen-bond acceptors (Lipinski definition) is 6. The molecule has 7 heteroatoms. The zero-order valence-electron chi connectivity index (χ0n) is 12.1. The van der Waals surface area contributed by atoms with Crippen LogP contribution in [0.2, 0.25) is 0 Å². The lowest BCUT2D eigenvalue weighted by Gasteiger charge is -2.26. The van der Waals surface area contributed by atoms with Gasteiger partial charge in [-0.2, -0.15) is 0 Å². The molecule has 1 aromatic heterocycles. The van der Waals surface area contributed by atoms with E-state index >= 15 is 0 Å².